The Kier molecular flexibility index (Phi) is 3.78. The van der Waals surface area contributed by atoms with Crippen LogP contribution in [-0.4, -0.2) is 16.0 Å². The fraction of sp³-hybridized carbons (Fsp3) is 0.500. The summed E-state index contributed by atoms with van der Waals surface area (Å²) in [5, 5.41) is 3.75. The molecule has 4 heteroatoms. The monoisotopic (exact) mass is 237 g/mol. The number of aromatic nitrogens is 2. The van der Waals surface area contributed by atoms with Gasteiger partial charge in [-0.1, -0.05) is 25.0 Å². The summed E-state index contributed by atoms with van der Waals surface area (Å²) in [4.78, 5) is 8.24. The second kappa shape index (κ2) is 5.30. The molecule has 1 fully saturated rings. The van der Waals surface area contributed by atoms with E-state index in [1.807, 2.05) is 19.1 Å². The molecular weight excluding hydrogens is 222 g/mol. The normalized spacial score (nSPS) is 17.1. The molecule has 0 aromatic carbocycles. The molecule has 3 nitrogen and oxygen atoms in total. The molecule has 0 amide bonds. The fourth-order valence-corrected chi connectivity index (χ4v) is 2.18. The quantitative estimate of drug-likeness (QED) is 0.818. The Morgan fingerprint density at radius 1 is 1.44 bits per heavy atom. The average molecular weight is 238 g/mol. The first kappa shape index (κ1) is 11.4. The summed E-state index contributed by atoms with van der Waals surface area (Å²) in [6.07, 6.45) is 10.8. The van der Waals surface area contributed by atoms with Gasteiger partial charge in [-0.3, -0.25) is 0 Å². The molecule has 0 bridgehead atoms. The third kappa shape index (κ3) is 2.73. The third-order valence-electron chi connectivity index (χ3n) is 2.83. The van der Waals surface area contributed by atoms with Crippen LogP contribution in [0.15, 0.2) is 12.3 Å². The molecule has 16 heavy (non-hydrogen) atoms. The summed E-state index contributed by atoms with van der Waals surface area (Å²) in [6.45, 7) is 1.98. The summed E-state index contributed by atoms with van der Waals surface area (Å²) in [6, 6.07) is 0.537. The van der Waals surface area contributed by atoms with Gasteiger partial charge in [0.1, 0.15) is 5.82 Å². The zero-order valence-electron chi connectivity index (χ0n) is 9.41. The standard InChI is InChI=1S/C12H16ClN3/c1-2-5-9-8-14-12(13)16-11(9)15-10-6-3-4-7-10/h2,5,8,10H,3-4,6-7H2,1H3,(H,14,15,16)/b5-2+. The number of hydrogen-bond acceptors (Lipinski definition) is 3. The van der Waals surface area contributed by atoms with E-state index in [0.29, 0.717) is 11.3 Å². The predicted octanol–water partition coefficient (Wildman–Crippen LogP) is 3.52. The van der Waals surface area contributed by atoms with Gasteiger partial charge in [-0.05, 0) is 31.4 Å². The van der Waals surface area contributed by atoms with Crippen molar-refractivity contribution in [3.05, 3.63) is 23.1 Å². The van der Waals surface area contributed by atoms with E-state index in [0.717, 1.165) is 11.4 Å². The van der Waals surface area contributed by atoms with E-state index in [1.54, 1.807) is 6.20 Å². The molecule has 0 unspecified atom stereocenters. The molecule has 0 saturated heterocycles. The van der Waals surface area contributed by atoms with Crippen LogP contribution in [0.3, 0.4) is 0 Å². The van der Waals surface area contributed by atoms with Crippen molar-refractivity contribution in [1.82, 2.24) is 9.97 Å². The number of nitrogens with zero attached hydrogens (tertiary/aromatic N) is 2. The number of halogens is 1. The number of nitrogens with one attached hydrogen (secondary N) is 1. The first-order chi connectivity index (χ1) is 7.79. The Morgan fingerprint density at radius 3 is 2.88 bits per heavy atom. The SMILES string of the molecule is C/C=C/c1cnc(Cl)nc1NC1CCCC1. The Balaban J connectivity index is 2.19. The van der Waals surface area contributed by atoms with E-state index in [4.69, 9.17) is 11.6 Å². The van der Waals surface area contributed by atoms with Gasteiger partial charge in [0.05, 0.1) is 0 Å². The maximum atomic E-state index is 5.82. The lowest BCUT2D eigenvalue weighted by molar-refractivity contribution is 0.749. The van der Waals surface area contributed by atoms with E-state index in [2.05, 4.69) is 15.3 Å². The van der Waals surface area contributed by atoms with Gasteiger partial charge < -0.3 is 5.32 Å². The molecular formula is C12H16ClN3. The van der Waals surface area contributed by atoms with Crippen LogP contribution in [0.1, 0.15) is 38.2 Å². The van der Waals surface area contributed by atoms with E-state index in [1.165, 1.54) is 25.7 Å². The van der Waals surface area contributed by atoms with Crippen molar-refractivity contribution in [2.45, 2.75) is 38.6 Å². The van der Waals surface area contributed by atoms with Gasteiger partial charge >= 0.3 is 0 Å². The minimum Gasteiger partial charge on any atom is -0.367 e. The van der Waals surface area contributed by atoms with Crippen molar-refractivity contribution in [2.75, 3.05) is 5.32 Å². The molecule has 86 valence electrons. The Labute approximate surface area is 101 Å². The lowest BCUT2D eigenvalue weighted by Crippen LogP contribution is -2.16. The molecule has 0 aliphatic heterocycles. The van der Waals surface area contributed by atoms with Gasteiger partial charge in [0.25, 0.3) is 0 Å². The van der Waals surface area contributed by atoms with Crippen LogP contribution in [0, 0.1) is 0 Å². The van der Waals surface area contributed by atoms with Gasteiger partial charge in [-0.2, -0.15) is 0 Å². The number of allylic oxidation sites excluding steroid dienone is 1. The van der Waals surface area contributed by atoms with E-state index < -0.39 is 0 Å². The number of hydrogen-bond donors (Lipinski definition) is 1. The highest BCUT2D eigenvalue weighted by molar-refractivity contribution is 6.28. The molecule has 0 spiro atoms. The summed E-state index contributed by atoms with van der Waals surface area (Å²) >= 11 is 5.82. The second-order valence-corrected chi connectivity index (χ2v) is 4.41. The molecule has 1 heterocycles. The Morgan fingerprint density at radius 2 is 2.19 bits per heavy atom. The fourth-order valence-electron chi connectivity index (χ4n) is 2.05. The van der Waals surface area contributed by atoms with Crippen LogP contribution in [0.4, 0.5) is 5.82 Å². The topological polar surface area (TPSA) is 37.8 Å². The first-order valence-corrected chi connectivity index (χ1v) is 6.09. The van der Waals surface area contributed by atoms with Crippen molar-refractivity contribution in [2.24, 2.45) is 0 Å². The molecule has 1 saturated carbocycles. The highest BCUT2D eigenvalue weighted by atomic mass is 35.5. The van der Waals surface area contributed by atoms with E-state index in [-0.39, 0.29) is 0 Å². The minimum atomic E-state index is 0.300. The maximum Gasteiger partial charge on any atom is 0.224 e. The largest absolute Gasteiger partial charge is 0.367 e. The minimum absolute atomic E-state index is 0.300. The highest BCUT2D eigenvalue weighted by Crippen LogP contribution is 2.24. The number of rotatable bonds is 3. The number of anilines is 1. The highest BCUT2D eigenvalue weighted by Gasteiger charge is 2.16. The van der Waals surface area contributed by atoms with Gasteiger partial charge in [0.2, 0.25) is 5.28 Å². The lowest BCUT2D eigenvalue weighted by Gasteiger charge is -2.14. The molecule has 1 aromatic heterocycles. The average Bonchev–Trinajstić information content (AvgIpc) is 2.75. The zero-order chi connectivity index (χ0) is 11.4. The van der Waals surface area contributed by atoms with Crippen LogP contribution in [0.2, 0.25) is 5.28 Å². The second-order valence-electron chi connectivity index (χ2n) is 4.07. The summed E-state index contributed by atoms with van der Waals surface area (Å²) in [5.41, 5.74) is 0.999. The zero-order valence-corrected chi connectivity index (χ0v) is 10.2. The molecule has 1 aliphatic carbocycles. The van der Waals surface area contributed by atoms with Crippen LogP contribution >= 0.6 is 11.6 Å². The van der Waals surface area contributed by atoms with Crippen molar-refractivity contribution < 1.29 is 0 Å². The Bertz CT molecular complexity index is 384. The molecule has 0 radical (unpaired) electrons. The lowest BCUT2D eigenvalue weighted by atomic mass is 10.2. The van der Waals surface area contributed by atoms with E-state index >= 15 is 0 Å². The third-order valence-corrected chi connectivity index (χ3v) is 3.01. The van der Waals surface area contributed by atoms with Gasteiger partial charge in [0, 0.05) is 17.8 Å². The predicted molar refractivity (Wildman–Crippen MR) is 67.6 cm³/mol. The van der Waals surface area contributed by atoms with E-state index in [9.17, 15) is 0 Å². The molecule has 2 rings (SSSR count). The Hall–Kier alpha value is -1.09. The van der Waals surface area contributed by atoms with Crippen LogP contribution in [-0.2, 0) is 0 Å². The first-order valence-electron chi connectivity index (χ1n) is 5.71. The molecule has 1 N–H and O–H groups in total. The summed E-state index contributed by atoms with van der Waals surface area (Å²) in [5.74, 6) is 0.852. The van der Waals surface area contributed by atoms with Crippen LogP contribution < -0.4 is 5.32 Å². The van der Waals surface area contributed by atoms with Crippen molar-refractivity contribution >= 4 is 23.5 Å². The molecule has 1 aromatic rings. The van der Waals surface area contributed by atoms with Crippen LogP contribution in [0.25, 0.3) is 6.08 Å². The van der Waals surface area contributed by atoms with Crippen molar-refractivity contribution in [1.29, 1.82) is 0 Å². The van der Waals surface area contributed by atoms with Crippen molar-refractivity contribution in [3.8, 4) is 0 Å². The maximum absolute atomic E-state index is 5.82. The smallest absolute Gasteiger partial charge is 0.224 e. The van der Waals surface area contributed by atoms with Crippen LogP contribution in [0.5, 0.6) is 0 Å². The molecule has 0 atom stereocenters. The summed E-state index contributed by atoms with van der Waals surface area (Å²) < 4.78 is 0. The van der Waals surface area contributed by atoms with Gasteiger partial charge in [-0.25, -0.2) is 9.97 Å². The summed E-state index contributed by atoms with van der Waals surface area (Å²) in [7, 11) is 0. The van der Waals surface area contributed by atoms with Crippen molar-refractivity contribution in [3.63, 3.8) is 0 Å². The van der Waals surface area contributed by atoms with Gasteiger partial charge in [0.15, 0.2) is 0 Å². The van der Waals surface area contributed by atoms with Gasteiger partial charge in [-0.15, -0.1) is 0 Å². The molecule has 1 aliphatic rings.